The third-order valence-corrected chi connectivity index (χ3v) is 1.02. The van der Waals surface area contributed by atoms with Gasteiger partial charge in [-0.15, -0.1) is 0 Å². The van der Waals surface area contributed by atoms with Crippen LogP contribution in [0.3, 0.4) is 0 Å². The van der Waals surface area contributed by atoms with Gasteiger partial charge in [-0.2, -0.15) is 5.10 Å². The third-order valence-electron chi connectivity index (χ3n) is 1.02. The number of nitrogens with zero attached hydrogens (tertiary/aromatic N) is 2. The Morgan fingerprint density at radius 2 is 2.20 bits per heavy atom. The maximum absolute atomic E-state index is 12.5. The molecule has 0 spiro atoms. The molecule has 0 radical (unpaired) electrons. The van der Waals surface area contributed by atoms with E-state index in [-0.39, 0.29) is 0 Å². The van der Waals surface area contributed by atoms with Gasteiger partial charge in [-0.25, -0.2) is 9.07 Å². The predicted molar refractivity (Wildman–Crippen MR) is 30.6 cm³/mol. The molecule has 1 rings (SSSR count). The fraction of sp³-hybridized carbons (Fsp3) is 0.400. The molecule has 0 bridgehead atoms. The van der Waals surface area contributed by atoms with Crippen molar-refractivity contribution in [3.63, 3.8) is 0 Å². The minimum atomic E-state index is -2.01. The zero-order valence-corrected chi connectivity index (χ0v) is 5.05. The molecule has 10 heavy (non-hydrogen) atoms. The Kier molecular flexibility index (Phi) is 1.98. The van der Waals surface area contributed by atoms with E-state index in [0.29, 0.717) is 0 Å². The van der Waals surface area contributed by atoms with Crippen LogP contribution in [0.25, 0.3) is 0 Å². The molecular weight excluding hydrogens is 139 g/mol. The maximum atomic E-state index is 12.5. The molecule has 1 heterocycles. The summed E-state index contributed by atoms with van der Waals surface area (Å²) in [5.74, 6) is 0. The van der Waals surface area contributed by atoms with Crippen LogP contribution in [0.15, 0.2) is 18.5 Å². The molecule has 0 amide bonds. The van der Waals surface area contributed by atoms with Crippen molar-refractivity contribution in [3.8, 4) is 0 Å². The molecular formula is C5H7FN2O2. The van der Waals surface area contributed by atoms with Gasteiger partial charge in [0.1, 0.15) is 0 Å². The van der Waals surface area contributed by atoms with Crippen molar-refractivity contribution in [2.45, 2.75) is 12.6 Å². The molecule has 1 aromatic heterocycles. The molecule has 1 aromatic rings. The first-order chi connectivity index (χ1) is 4.72. The van der Waals surface area contributed by atoms with Crippen molar-refractivity contribution in [2.75, 3.05) is 0 Å². The number of aromatic nitrogens is 2. The predicted octanol–water partition coefficient (Wildman–Crippen LogP) is -0.338. The lowest BCUT2D eigenvalue weighted by molar-refractivity contribution is -0.123. The van der Waals surface area contributed by atoms with Crippen molar-refractivity contribution in [1.29, 1.82) is 0 Å². The summed E-state index contributed by atoms with van der Waals surface area (Å²) >= 11 is 0. The first-order valence-electron chi connectivity index (χ1n) is 2.71. The highest BCUT2D eigenvalue weighted by Crippen LogP contribution is 2.08. The molecule has 2 N–H and O–H groups in total. The van der Waals surface area contributed by atoms with Gasteiger partial charge >= 0.3 is 0 Å². The molecule has 56 valence electrons. The summed E-state index contributed by atoms with van der Waals surface area (Å²) in [6.07, 6.45) is -1.23. The van der Waals surface area contributed by atoms with E-state index in [1.165, 1.54) is 18.5 Å². The van der Waals surface area contributed by atoms with Crippen LogP contribution in [0.5, 0.6) is 0 Å². The fourth-order valence-electron chi connectivity index (χ4n) is 0.563. The first kappa shape index (κ1) is 7.17. The molecule has 1 unspecified atom stereocenters. The second kappa shape index (κ2) is 2.76. The van der Waals surface area contributed by atoms with E-state index < -0.39 is 12.6 Å². The largest absolute Gasteiger partial charge is 0.364 e. The average molecular weight is 146 g/mol. The highest BCUT2D eigenvalue weighted by molar-refractivity contribution is 4.79. The summed E-state index contributed by atoms with van der Waals surface area (Å²) in [6.45, 7) is 0. The summed E-state index contributed by atoms with van der Waals surface area (Å²) in [6, 6.07) is 1.50. The van der Waals surface area contributed by atoms with Crippen LogP contribution in [-0.4, -0.2) is 26.3 Å². The molecule has 0 aliphatic heterocycles. The van der Waals surface area contributed by atoms with Crippen LogP contribution in [0.1, 0.15) is 6.30 Å². The van der Waals surface area contributed by atoms with Crippen LogP contribution in [0.4, 0.5) is 4.39 Å². The summed E-state index contributed by atoms with van der Waals surface area (Å²) in [5, 5.41) is 20.1. The van der Waals surface area contributed by atoms with Crippen molar-refractivity contribution < 1.29 is 14.6 Å². The van der Waals surface area contributed by atoms with Crippen molar-refractivity contribution in [3.05, 3.63) is 18.5 Å². The van der Waals surface area contributed by atoms with Gasteiger partial charge in [-0.05, 0) is 6.07 Å². The quantitative estimate of drug-likeness (QED) is 0.561. The maximum Gasteiger partial charge on any atom is 0.241 e. The third kappa shape index (κ3) is 1.31. The van der Waals surface area contributed by atoms with Crippen molar-refractivity contribution in [2.24, 2.45) is 0 Å². The number of aliphatic hydroxyl groups excluding tert-OH is 1. The van der Waals surface area contributed by atoms with Gasteiger partial charge in [0.25, 0.3) is 0 Å². The van der Waals surface area contributed by atoms with Crippen molar-refractivity contribution in [1.82, 2.24) is 9.78 Å². The molecule has 0 saturated heterocycles. The molecule has 0 aliphatic carbocycles. The molecule has 0 saturated carbocycles. The Morgan fingerprint density at radius 1 is 1.50 bits per heavy atom. The topological polar surface area (TPSA) is 58.3 Å². The highest BCUT2D eigenvalue weighted by atomic mass is 19.1. The second-order valence-electron chi connectivity index (χ2n) is 1.77. The SMILES string of the molecule is OC(O)C(F)n1cccn1. The first-order valence-corrected chi connectivity index (χ1v) is 2.71. The lowest BCUT2D eigenvalue weighted by Crippen LogP contribution is -2.19. The normalized spacial score (nSPS) is 14.0. The van der Waals surface area contributed by atoms with Gasteiger partial charge in [0, 0.05) is 12.4 Å². The van der Waals surface area contributed by atoms with Gasteiger partial charge in [0.2, 0.25) is 12.6 Å². The lowest BCUT2D eigenvalue weighted by Gasteiger charge is -2.09. The zero-order chi connectivity index (χ0) is 7.56. The molecule has 0 aromatic carbocycles. The molecule has 1 atom stereocenters. The summed E-state index contributed by atoms with van der Waals surface area (Å²) in [4.78, 5) is 0. The number of hydrogen-bond acceptors (Lipinski definition) is 3. The van der Waals surface area contributed by atoms with Gasteiger partial charge in [-0.1, -0.05) is 0 Å². The fourth-order valence-corrected chi connectivity index (χ4v) is 0.563. The second-order valence-corrected chi connectivity index (χ2v) is 1.77. The van der Waals surface area contributed by atoms with E-state index in [2.05, 4.69) is 5.10 Å². The highest BCUT2D eigenvalue weighted by Gasteiger charge is 2.16. The number of alkyl halides is 1. The van der Waals surface area contributed by atoms with E-state index in [9.17, 15) is 4.39 Å². The standard InChI is InChI=1S/C5H7FN2O2/c6-4(5(9)10)8-3-1-2-7-8/h1-5,9-10H. The minimum Gasteiger partial charge on any atom is -0.364 e. The smallest absolute Gasteiger partial charge is 0.241 e. The Morgan fingerprint density at radius 3 is 2.60 bits per heavy atom. The Bertz CT molecular complexity index is 188. The molecule has 5 heteroatoms. The minimum absolute atomic E-state index is 0.824. The molecule has 4 nitrogen and oxygen atoms in total. The number of halogens is 1. The van der Waals surface area contributed by atoms with Gasteiger partial charge < -0.3 is 10.2 Å². The van der Waals surface area contributed by atoms with E-state index in [1.54, 1.807) is 0 Å². The summed E-state index contributed by atoms with van der Waals surface area (Å²) < 4.78 is 13.3. The monoisotopic (exact) mass is 146 g/mol. The summed E-state index contributed by atoms with van der Waals surface area (Å²) in [7, 11) is 0. The molecule has 0 aliphatic rings. The Labute approximate surface area is 56.5 Å². The average Bonchev–Trinajstić information content (AvgIpc) is 2.36. The lowest BCUT2D eigenvalue weighted by atomic mass is 10.6. The van der Waals surface area contributed by atoms with Crippen LogP contribution in [0.2, 0.25) is 0 Å². The van der Waals surface area contributed by atoms with E-state index in [0.717, 1.165) is 4.68 Å². The zero-order valence-electron chi connectivity index (χ0n) is 5.05. The van der Waals surface area contributed by atoms with Gasteiger partial charge in [0.05, 0.1) is 0 Å². The van der Waals surface area contributed by atoms with Crippen LogP contribution < -0.4 is 0 Å². The van der Waals surface area contributed by atoms with Gasteiger partial charge in [-0.3, -0.25) is 0 Å². The van der Waals surface area contributed by atoms with Crippen LogP contribution in [0, 0.1) is 0 Å². The van der Waals surface area contributed by atoms with Gasteiger partial charge in [0.15, 0.2) is 0 Å². The van der Waals surface area contributed by atoms with Crippen molar-refractivity contribution >= 4 is 0 Å². The van der Waals surface area contributed by atoms with E-state index in [4.69, 9.17) is 10.2 Å². The number of aliphatic hydroxyl groups is 2. The molecule has 0 fully saturated rings. The van der Waals surface area contributed by atoms with E-state index in [1.807, 2.05) is 0 Å². The Balaban J connectivity index is 2.68. The summed E-state index contributed by atoms with van der Waals surface area (Å²) in [5.41, 5.74) is 0. The number of hydrogen-bond donors (Lipinski definition) is 2. The number of rotatable bonds is 2. The van der Waals surface area contributed by atoms with E-state index >= 15 is 0 Å². The Hall–Kier alpha value is -0.940. The van der Waals surface area contributed by atoms with Crippen LogP contribution >= 0.6 is 0 Å². The van der Waals surface area contributed by atoms with Crippen LogP contribution in [-0.2, 0) is 0 Å².